The number of ether oxygens (including phenoxy) is 2. The number of carbonyl (C=O) groups excluding carboxylic acids is 1. The van der Waals surface area contributed by atoms with Gasteiger partial charge in [-0.15, -0.1) is 0 Å². The molecule has 1 aromatic heterocycles. The van der Waals surface area contributed by atoms with Gasteiger partial charge in [-0.1, -0.05) is 6.07 Å². The molecular weight excluding hydrogens is 413 g/mol. The van der Waals surface area contributed by atoms with Crippen LogP contribution in [-0.2, 0) is 6.18 Å². The van der Waals surface area contributed by atoms with Crippen LogP contribution in [0.1, 0.15) is 16.1 Å². The molecule has 11 heteroatoms. The van der Waals surface area contributed by atoms with Crippen molar-refractivity contribution in [2.45, 2.75) is 12.8 Å². The first kappa shape index (κ1) is 21.1. The molecule has 0 aliphatic carbocycles. The molecule has 30 heavy (non-hydrogen) atoms. The highest BCUT2D eigenvalue weighted by Crippen LogP contribution is 2.31. The Labute approximate surface area is 166 Å². The highest BCUT2D eigenvalue weighted by atomic mass is 19.4. The Kier molecular flexibility index (Phi) is 5.90. The number of rotatable bonds is 6. The molecule has 3 rings (SSSR count). The van der Waals surface area contributed by atoms with Crippen molar-refractivity contribution in [2.75, 3.05) is 12.4 Å². The lowest BCUT2D eigenvalue weighted by molar-refractivity contribution is -0.137. The summed E-state index contributed by atoms with van der Waals surface area (Å²) in [5, 5.41) is 6.51. The van der Waals surface area contributed by atoms with E-state index >= 15 is 0 Å². The third-order valence-corrected chi connectivity index (χ3v) is 3.89. The highest BCUT2D eigenvalue weighted by molar-refractivity contribution is 6.04. The average Bonchev–Trinajstić information content (AvgIpc) is 3.13. The number of alkyl halides is 5. The van der Waals surface area contributed by atoms with Gasteiger partial charge in [0.05, 0.1) is 24.6 Å². The molecule has 0 bridgehead atoms. The zero-order chi connectivity index (χ0) is 21.9. The van der Waals surface area contributed by atoms with Gasteiger partial charge < -0.3 is 14.8 Å². The predicted octanol–water partition coefficient (Wildman–Crippen LogP) is 4.75. The molecular formula is C19H14F5N3O3. The second-order valence-corrected chi connectivity index (χ2v) is 5.90. The topological polar surface area (TPSA) is 65.4 Å². The molecule has 1 heterocycles. The molecule has 158 valence electrons. The van der Waals surface area contributed by atoms with E-state index in [9.17, 15) is 26.7 Å². The second-order valence-electron chi connectivity index (χ2n) is 5.90. The standard InChI is InChI=1S/C19H14F5N3O3/c1-29-15-10-27(13-4-2-3-11(9-13)19(22,23)24)26-16(15)17(28)25-12-5-7-14(8-6-12)30-18(20)21/h2-10,18H,1H3,(H,25,28). The summed E-state index contributed by atoms with van der Waals surface area (Å²) in [6, 6.07) is 9.56. The predicted molar refractivity (Wildman–Crippen MR) is 96.1 cm³/mol. The minimum Gasteiger partial charge on any atom is -0.493 e. The number of hydrogen-bond acceptors (Lipinski definition) is 4. The smallest absolute Gasteiger partial charge is 0.416 e. The molecule has 1 N–H and O–H groups in total. The Balaban J connectivity index is 1.83. The summed E-state index contributed by atoms with van der Waals surface area (Å²) in [6.07, 6.45) is -3.27. The van der Waals surface area contributed by atoms with Crippen molar-refractivity contribution in [1.29, 1.82) is 0 Å². The Bertz CT molecular complexity index is 1030. The van der Waals surface area contributed by atoms with E-state index in [0.717, 1.165) is 16.8 Å². The summed E-state index contributed by atoms with van der Waals surface area (Å²) in [5.41, 5.74) is -0.706. The van der Waals surface area contributed by atoms with Crippen LogP contribution in [0.15, 0.2) is 54.7 Å². The normalized spacial score (nSPS) is 11.4. The zero-order valence-electron chi connectivity index (χ0n) is 15.3. The molecule has 6 nitrogen and oxygen atoms in total. The number of anilines is 1. The highest BCUT2D eigenvalue weighted by Gasteiger charge is 2.30. The lowest BCUT2D eigenvalue weighted by atomic mass is 10.2. The number of halogens is 5. The van der Waals surface area contributed by atoms with Gasteiger partial charge in [-0.25, -0.2) is 4.68 Å². The number of hydrogen-bond donors (Lipinski definition) is 1. The van der Waals surface area contributed by atoms with Crippen molar-refractivity contribution in [3.05, 3.63) is 66.0 Å². The van der Waals surface area contributed by atoms with Gasteiger partial charge in [0.2, 0.25) is 0 Å². The van der Waals surface area contributed by atoms with Gasteiger partial charge in [0, 0.05) is 5.69 Å². The van der Waals surface area contributed by atoms with Crippen molar-refractivity contribution in [1.82, 2.24) is 9.78 Å². The van der Waals surface area contributed by atoms with Gasteiger partial charge in [0.1, 0.15) is 5.75 Å². The Morgan fingerprint density at radius 2 is 1.83 bits per heavy atom. The zero-order valence-corrected chi connectivity index (χ0v) is 15.3. The van der Waals surface area contributed by atoms with Crippen molar-refractivity contribution < 1.29 is 36.2 Å². The maximum absolute atomic E-state index is 12.9. The average molecular weight is 427 g/mol. The van der Waals surface area contributed by atoms with Crippen LogP contribution >= 0.6 is 0 Å². The number of aromatic nitrogens is 2. The Hall–Kier alpha value is -3.63. The monoisotopic (exact) mass is 427 g/mol. The van der Waals surface area contributed by atoms with Gasteiger partial charge in [-0.05, 0) is 42.5 Å². The van der Waals surface area contributed by atoms with E-state index in [1.54, 1.807) is 0 Å². The quantitative estimate of drug-likeness (QED) is 0.577. The van der Waals surface area contributed by atoms with Crippen LogP contribution in [-0.4, -0.2) is 29.4 Å². The minimum absolute atomic E-state index is 0.0302. The summed E-state index contributed by atoms with van der Waals surface area (Å²) in [5.74, 6) is -0.767. The fourth-order valence-electron chi connectivity index (χ4n) is 2.53. The molecule has 1 amide bonds. The van der Waals surface area contributed by atoms with Crippen LogP contribution in [0, 0.1) is 0 Å². The van der Waals surface area contributed by atoms with Gasteiger partial charge in [-0.2, -0.15) is 27.1 Å². The Morgan fingerprint density at radius 3 is 2.43 bits per heavy atom. The molecule has 0 atom stereocenters. The van der Waals surface area contributed by atoms with Crippen LogP contribution in [0.2, 0.25) is 0 Å². The third kappa shape index (κ3) is 4.85. The number of nitrogens with one attached hydrogen (secondary N) is 1. The molecule has 0 aliphatic rings. The SMILES string of the molecule is COc1cn(-c2cccc(C(F)(F)F)c2)nc1C(=O)Nc1ccc(OC(F)F)cc1. The van der Waals surface area contributed by atoms with Crippen LogP contribution in [0.3, 0.4) is 0 Å². The van der Waals surface area contributed by atoms with Crippen LogP contribution in [0.25, 0.3) is 5.69 Å². The second kappa shape index (κ2) is 8.39. The lowest BCUT2D eigenvalue weighted by Gasteiger charge is -2.08. The molecule has 3 aromatic rings. The van der Waals surface area contributed by atoms with E-state index in [4.69, 9.17) is 4.74 Å². The van der Waals surface area contributed by atoms with Crippen molar-refractivity contribution in [2.24, 2.45) is 0 Å². The summed E-state index contributed by atoms with van der Waals surface area (Å²) in [6.45, 7) is -2.98. The maximum Gasteiger partial charge on any atom is 0.416 e. The molecule has 0 radical (unpaired) electrons. The van der Waals surface area contributed by atoms with E-state index < -0.39 is 24.3 Å². The van der Waals surface area contributed by atoms with E-state index in [0.29, 0.717) is 0 Å². The fourth-order valence-corrected chi connectivity index (χ4v) is 2.53. The maximum atomic E-state index is 12.9. The first-order valence-corrected chi connectivity index (χ1v) is 8.35. The first-order chi connectivity index (χ1) is 14.2. The van der Waals surface area contributed by atoms with E-state index in [-0.39, 0.29) is 28.6 Å². The van der Waals surface area contributed by atoms with Crippen molar-refractivity contribution >= 4 is 11.6 Å². The van der Waals surface area contributed by atoms with Crippen molar-refractivity contribution in [3.63, 3.8) is 0 Å². The summed E-state index contributed by atoms with van der Waals surface area (Å²) < 4.78 is 73.6. The Morgan fingerprint density at radius 1 is 1.13 bits per heavy atom. The van der Waals surface area contributed by atoms with Gasteiger partial charge in [0.25, 0.3) is 5.91 Å². The summed E-state index contributed by atoms with van der Waals surface area (Å²) >= 11 is 0. The largest absolute Gasteiger partial charge is 0.493 e. The summed E-state index contributed by atoms with van der Waals surface area (Å²) in [7, 11) is 1.28. The van der Waals surface area contributed by atoms with E-state index in [1.165, 1.54) is 49.7 Å². The van der Waals surface area contributed by atoms with Crippen LogP contribution in [0.5, 0.6) is 11.5 Å². The third-order valence-electron chi connectivity index (χ3n) is 3.89. The van der Waals surface area contributed by atoms with E-state index in [2.05, 4.69) is 15.2 Å². The van der Waals surface area contributed by atoms with E-state index in [1.807, 2.05) is 0 Å². The number of carbonyl (C=O) groups is 1. The molecule has 0 spiro atoms. The molecule has 0 unspecified atom stereocenters. The van der Waals surface area contributed by atoms with Gasteiger partial charge in [0.15, 0.2) is 11.4 Å². The number of methoxy groups -OCH3 is 1. The van der Waals surface area contributed by atoms with Crippen molar-refractivity contribution in [3.8, 4) is 17.2 Å². The molecule has 0 saturated carbocycles. The number of amides is 1. The molecule has 2 aromatic carbocycles. The summed E-state index contributed by atoms with van der Waals surface area (Å²) in [4.78, 5) is 12.5. The first-order valence-electron chi connectivity index (χ1n) is 8.35. The van der Waals surface area contributed by atoms with Gasteiger partial charge in [-0.3, -0.25) is 4.79 Å². The number of nitrogens with zero attached hydrogens (tertiary/aromatic N) is 2. The van der Waals surface area contributed by atoms with Gasteiger partial charge >= 0.3 is 12.8 Å². The minimum atomic E-state index is -4.53. The van der Waals surface area contributed by atoms with Crippen LogP contribution in [0.4, 0.5) is 27.6 Å². The lowest BCUT2D eigenvalue weighted by Crippen LogP contribution is -2.14. The fraction of sp³-hybridized carbons (Fsp3) is 0.158. The molecule has 0 saturated heterocycles. The molecule has 0 fully saturated rings. The van der Waals surface area contributed by atoms with Crippen LogP contribution < -0.4 is 14.8 Å². The number of benzene rings is 2. The molecule has 0 aliphatic heterocycles.